The quantitative estimate of drug-likeness (QED) is 0.768. The molecule has 1 aliphatic rings. The third-order valence-corrected chi connectivity index (χ3v) is 6.21. The van der Waals surface area contributed by atoms with Crippen molar-refractivity contribution in [1.82, 2.24) is 4.31 Å². The summed E-state index contributed by atoms with van der Waals surface area (Å²) in [5.41, 5.74) is 0.479. The lowest BCUT2D eigenvalue weighted by Crippen LogP contribution is -2.29. The number of anilines is 2. The molecule has 1 aromatic carbocycles. The van der Waals surface area contributed by atoms with Gasteiger partial charge < -0.3 is 9.73 Å². The van der Waals surface area contributed by atoms with Gasteiger partial charge in [-0.3, -0.25) is 9.52 Å². The highest BCUT2D eigenvalue weighted by Crippen LogP contribution is 2.36. The van der Waals surface area contributed by atoms with Crippen LogP contribution in [0.2, 0.25) is 0 Å². The van der Waals surface area contributed by atoms with Crippen molar-refractivity contribution in [2.75, 3.05) is 24.1 Å². The molecule has 2 aromatic rings. The van der Waals surface area contributed by atoms with Gasteiger partial charge in [-0.25, -0.2) is 4.79 Å². The second-order valence-electron chi connectivity index (χ2n) is 7.05. The van der Waals surface area contributed by atoms with Gasteiger partial charge in [0, 0.05) is 25.7 Å². The number of amides is 1. The molecule has 0 unspecified atom stereocenters. The minimum absolute atomic E-state index is 0.0534. The van der Waals surface area contributed by atoms with Gasteiger partial charge >= 0.3 is 15.8 Å². The van der Waals surface area contributed by atoms with Crippen LogP contribution in [0.5, 0.6) is 0 Å². The molecule has 1 aliphatic carbocycles. The van der Waals surface area contributed by atoms with E-state index >= 15 is 0 Å². The van der Waals surface area contributed by atoms with E-state index in [4.69, 9.17) is 4.42 Å². The summed E-state index contributed by atoms with van der Waals surface area (Å²) in [7, 11) is -0.854. The first-order valence-electron chi connectivity index (χ1n) is 8.93. The molecule has 1 fully saturated rings. The number of carbonyl (C=O) groups is 1. The Labute approximate surface area is 163 Å². The highest BCUT2D eigenvalue weighted by atomic mass is 32.2. The van der Waals surface area contributed by atoms with E-state index in [9.17, 15) is 18.0 Å². The fourth-order valence-corrected chi connectivity index (χ4v) is 3.50. The Balaban J connectivity index is 1.80. The van der Waals surface area contributed by atoms with Gasteiger partial charge in [-0.05, 0) is 49.6 Å². The average Bonchev–Trinajstić information content (AvgIpc) is 2.52. The number of hydrogen-bond donors (Lipinski definition) is 2. The Morgan fingerprint density at radius 1 is 1.18 bits per heavy atom. The summed E-state index contributed by atoms with van der Waals surface area (Å²) < 4.78 is 32.7. The molecule has 0 atom stereocenters. The molecule has 1 saturated carbocycles. The van der Waals surface area contributed by atoms with Crippen LogP contribution in [0.15, 0.2) is 39.5 Å². The van der Waals surface area contributed by atoms with Crippen LogP contribution in [0.25, 0.3) is 0 Å². The maximum Gasteiger partial charge on any atom is 0.349 e. The Bertz CT molecular complexity index is 1060. The molecule has 0 aliphatic heterocycles. The lowest BCUT2D eigenvalue weighted by atomic mass is 9.83. The van der Waals surface area contributed by atoms with Gasteiger partial charge in [-0.1, -0.05) is 12.5 Å². The van der Waals surface area contributed by atoms with Gasteiger partial charge in [0.15, 0.2) is 0 Å². The zero-order chi connectivity index (χ0) is 20.5. The second kappa shape index (κ2) is 7.76. The van der Waals surface area contributed by atoms with Crippen LogP contribution >= 0.6 is 0 Å². The SMILES string of the molecule is Cc1cc(C2CCC2)oc(=O)c1C(=O)Nc1cccc(NS(=O)(=O)N(C)C)c1. The van der Waals surface area contributed by atoms with Crippen molar-refractivity contribution in [1.29, 1.82) is 0 Å². The predicted octanol–water partition coefficient (Wildman–Crippen LogP) is 2.69. The second-order valence-corrected chi connectivity index (χ2v) is 8.93. The molecular weight excluding hydrogens is 382 g/mol. The lowest BCUT2D eigenvalue weighted by Gasteiger charge is -2.24. The smallest absolute Gasteiger partial charge is 0.349 e. The largest absolute Gasteiger partial charge is 0.427 e. The molecule has 9 heteroatoms. The molecule has 1 amide bonds. The fourth-order valence-electron chi connectivity index (χ4n) is 2.89. The van der Waals surface area contributed by atoms with Crippen molar-refractivity contribution in [2.24, 2.45) is 0 Å². The van der Waals surface area contributed by atoms with Gasteiger partial charge in [0.2, 0.25) is 0 Å². The van der Waals surface area contributed by atoms with Gasteiger partial charge in [-0.15, -0.1) is 0 Å². The van der Waals surface area contributed by atoms with Crippen LogP contribution in [0.1, 0.15) is 46.9 Å². The van der Waals surface area contributed by atoms with Crippen molar-refractivity contribution in [2.45, 2.75) is 32.1 Å². The Morgan fingerprint density at radius 2 is 1.86 bits per heavy atom. The Morgan fingerprint density at radius 3 is 2.43 bits per heavy atom. The van der Waals surface area contributed by atoms with Crippen LogP contribution in [0.3, 0.4) is 0 Å². The van der Waals surface area contributed by atoms with Crippen LogP contribution in [0.4, 0.5) is 11.4 Å². The standard InChI is InChI=1S/C19H23N3O5S/c1-12-10-16(13-6-4-7-13)27-19(24)17(12)18(23)20-14-8-5-9-15(11-14)21-28(25,26)22(2)3/h5,8-11,13,21H,4,6-7H2,1-3H3,(H,20,23). The number of hydrogen-bond acceptors (Lipinski definition) is 5. The lowest BCUT2D eigenvalue weighted by molar-refractivity contribution is 0.102. The number of nitrogens with zero attached hydrogens (tertiary/aromatic N) is 1. The number of aryl methyl sites for hydroxylation is 1. The van der Waals surface area contributed by atoms with Crippen LogP contribution in [-0.4, -0.2) is 32.7 Å². The van der Waals surface area contributed by atoms with Gasteiger partial charge in [-0.2, -0.15) is 12.7 Å². The molecule has 2 N–H and O–H groups in total. The third-order valence-electron chi connectivity index (χ3n) is 4.75. The van der Waals surface area contributed by atoms with Gasteiger partial charge in [0.25, 0.3) is 5.91 Å². The summed E-state index contributed by atoms with van der Waals surface area (Å²) >= 11 is 0. The first-order chi connectivity index (χ1) is 13.2. The van der Waals surface area contributed by atoms with Gasteiger partial charge in [0.1, 0.15) is 11.3 Å². The maximum atomic E-state index is 12.6. The first-order valence-corrected chi connectivity index (χ1v) is 10.4. The van der Waals surface area contributed by atoms with Crippen LogP contribution in [-0.2, 0) is 10.2 Å². The molecule has 1 aromatic heterocycles. The van der Waals surface area contributed by atoms with E-state index < -0.39 is 21.7 Å². The van der Waals surface area contributed by atoms with Crippen molar-refractivity contribution >= 4 is 27.5 Å². The van der Waals surface area contributed by atoms with E-state index in [1.165, 1.54) is 20.2 Å². The number of benzene rings is 1. The molecule has 0 spiro atoms. The molecule has 3 rings (SSSR count). The van der Waals surface area contributed by atoms with Crippen LogP contribution < -0.4 is 15.7 Å². The topological polar surface area (TPSA) is 109 Å². The molecule has 1 heterocycles. The van der Waals surface area contributed by atoms with E-state index in [1.807, 2.05) is 0 Å². The van der Waals surface area contributed by atoms with Crippen molar-refractivity contribution in [3.05, 3.63) is 57.6 Å². The van der Waals surface area contributed by atoms with E-state index in [-0.39, 0.29) is 17.2 Å². The van der Waals surface area contributed by atoms with Crippen LogP contribution in [0, 0.1) is 6.92 Å². The molecule has 28 heavy (non-hydrogen) atoms. The first kappa shape index (κ1) is 20.1. The number of carbonyl (C=O) groups excluding carboxylic acids is 1. The summed E-state index contributed by atoms with van der Waals surface area (Å²) in [6.07, 6.45) is 3.09. The van der Waals surface area contributed by atoms with Crippen molar-refractivity contribution in [3.63, 3.8) is 0 Å². The van der Waals surface area contributed by atoms with E-state index in [2.05, 4.69) is 10.0 Å². The zero-order valence-electron chi connectivity index (χ0n) is 16.0. The Hall–Kier alpha value is -2.65. The summed E-state index contributed by atoms with van der Waals surface area (Å²) in [6, 6.07) is 7.98. The van der Waals surface area contributed by atoms with Crippen molar-refractivity contribution < 1.29 is 17.6 Å². The monoisotopic (exact) mass is 405 g/mol. The minimum Gasteiger partial charge on any atom is -0.427 e. The molecule has 0 saturated heterocycles. The third kappa shape index (κ3) is 4.26. The number of nitrogens with one attached hydrogen (secondary N) is 2. The molecule has 8 nitrogen and oxygen atoms in total. The summed E-state index contributed by atoms with van der Waals surface area (Å²) in [5.74, 6) is 0.286. The molecular formula is C19H23N3O5S. The predicted molar refractivity (Wildman–Crippen MR) is 107 cm³/mol. The average molecular weight is 405 g/mol. The normalized spacial score (nSPS) is 14.6. The summed E-state index contributed by atoms with van der Waals surface area (Å²) in [6.45, 7) is 1.70. The Kier molecular flexibility index (Phi) is 5.57. The molecule has 0 radical (unpaired) electrons. The zero-order valence-corrected chi connectivity index (χ0v) is 16.8. The minimum atomic E-state index is -3.67. The highest BCUT2D eigenvalue weighted by Gasteiger charge is 2.25. The van der Waals surface area contributed by atoms with Gasteiger partial charge in [0.05, 0.1) is 5.69 Å². The van der Waals surface area contributed by atoms with E-state index in [0.717, 1.165) is 23.6 Å². The number of rotatable bonds is 6. The maximum absolute atomic E-state index is 12.6. The molecule has 0 bridgehead atoms. The van der Waals surface area contributed by atoms with E-state index in [1.54, 1.807) is 31.2 Å². The summed E-state index contributed by atoms with van der Waals surface area (Å²) in [4.78, 5) is 24.9. The summed E-state index contributed by atoms with van der Waals surface area (Å²) in [5, 5.41) is 2.62. The molecule has 150 valence electrons. The highest BCUT2D eigenvalue weighted by molar-refractivity contribution is 7.90. The van der Waals surface area contributed by atoms with E-state index in [0.29, 0.717) is 17.0 Å². The fraction of sp³-hybridized carbons (Fsp3) is 0.368. The van der Waals surface area contributed by atoms with Crippen molar-refractivity contribution in [3.8, 4) is 0 Å².